The van der Waals surface area contributed by atoms with Gasteiger partial charge in [-0.15, -0.1) is 0 Å². The molecule has 0 bridgehead atoms. The van der Waals surface area contributed by atoms with E-state index in [0.717, 1.165) is 0 Å². The van der Waals surface area contributed by atoms with Crippen molar-refractivity contribution in [3.63, 3.8) is 0 Å². The van der Waals surface area contributed by atoms with E-state index >= 15 is 0 Å². The largest absolute Gasteiger partial charge is 0.360 e. The van der Waals surface area contributed by atoms with Crippen LogP contribution in [0.1, 0.15) is 18.4 Å². The molecular weight excluding hydrogens is 232 g/mol. The van der Waals surface area contributed by atoms with E-state index in [0.29, 0.717) is 5.69 Å². The lowest BCUT2D eigenvalue weighted by Crippen LogP contribution is -2.36. The van der Waals surface area contributed by atoms with Crippen molar-refractivity contribution in [3.05, 3.63) is 17.5 Å². The van der Waals surface area contributed by atoms with Gasteiger partial charge < -0.3 is 9.84 Å². The summed E-state index contributed by atoms with van der Waals surface area (Å²) in [6.07, 6.45) is 0. The highest BCUT2D eigenvalue weighted by Crippen LogP contribution is 2.12. The molecule has 0 radical (unpaired) electrons. The van der Waals surface area contributed by atoms with Crippen LogP contribution in [0.25, 0.3) is 0 Å². The van der Waals surface area contributed by atoms with Crippen LogP contribution in [-0.2, 0) is 20.4 Å². The molecule has 0 aliphatic rings. The summed E-state index contributed by atoms with van der Waals surface area (Å²) in [5.74, 6) is -0.605. The summed E-state index contributed by atoms with van der Waals surface area (Å²) in [4.78, 5) is 11.2. The summed E-state index contributed by atoms with van der Waals surface area (Å²) in [7, 11) is -2.16. The van der Waals surface area contributed by atoms with E-state index in [9.17, 15) is 13.2 Å². The van der Waals surface area contributed by atoms with Gasteiger partial charge in [-0.05, 0) is 13.8 Å². The van der Waals surface area contributed by atoms with Gasteiger partial charge in [-0.1, -0.05) is 5.16 Å². The smallest absolute Gasteiger partial charge is 0.237 e. The Labute approximate surface area is 93.9 Å². The molecule has 16 heavy (non-hydrogen) atoms. The Bertz CT molecular complexity index is 477. The van der Waals surface area contributed by atoms with Gasteiger partial charge in [0.05, 0.1) is 5.69 Å². The molecule has 1 aromatic rings. The molecule has 1 amide bonds. The third-order valence-corrected chi connectivity index (χ3v) is 4.15. The summed E-state index contributed by atoms with van der Waals surface area (Å²) in [6.45, 7) is 3.04. The maximum absolute atomic E-state index is 11.8. The van der Waals surface area contributed by atoms with E-state index < -0.39 is 21.0 Å². The van der Waals surface area contributed by atoms with E-state index in [-0.39, 0.29) is 11.5 Å². The molecule has 7 heteroatoms. The topological polar surface area (TPSA) is 89.3 Å². The van der Waals surface area contributed by atoms with E-state index in [1.807, 2.05) is 0 Å². The minimum atomic E-state index is -3.56. The van der Waals surface area contributed by atoms with Crippen molar-refractivity contribution in [2.45, 2.75) is 24.9 Å². The van der Waals surface area contributed by atoms with Gasteiger partial charge in [0.15, 0.2) is 15.6 Å². The van der Waals surface area contributed by atoms with Crippen LogP contribution in [0.2, 0.25) is 0 Å². The number of nitrogens with zero attached hydrogens (tertiary/aromatic N) is 1. The van der Waals surface area contributed by atoms with Gasteiger partial charge >= 0.3 is 0 Å². The fourth-order valence-electron chi connectivity index (χ4n) is 1.17. The molecule has 0 aromatic carbocycles. The number of rotatable bonds is 4. The number of sulfone groups is 1. The molecule has 0 saturated carbocycles. The molecule has 0 unspecified atom stereocenters. The van der Waals surface area contributed by atoms with Gasteiger partial charge in [0, 0.05) is 13.1 Å². The minimum Gasteiger partial charge on any atom is -0.360 e. The number of aromatic nitrogens is 1. The van der Waals surface area contributed by atoms with Gasteiger partial charge in [-0.3, -0.25) is 4.79 Å². The number of hydrogen-bond donors (Lipinski definition) is 1. The lowest BCUT2D eigenvalue weighted by atomic mass is 10.4. The summed E-state index contributed by atoms with van der Waals surface area (Å²) < 4.78 is 28.3. The summed E-state index contributed by atoms with van der Waals surface area (Å²) >= 11 is 0. The highest BCUT2D eigenvalue weighted by molar-refractivity contribution is 7.92. The maximum Gasteiger partial charge on any atom is 0.237 e. The number of carbonyl (C=O) groups is 1. The molecule has 1 rings (SSSR count). The predicted octanol–water partition coefficient (Wildman–Crippen LogP) is 0.0323. The van der Waals surface area contributed by atoms with Gasteiger partial charge in [0.1, 0.15) is 11.0 Å². The third kappa shape index (κ3) is 2.82. The molecule has 0 spiro atoms. The van der Waals surface area contributed by atoms with Crippen molar-refractivity contribution in [1.29, 1.82) is 0 Å². The Morgan fingerprint density at radius 2 is 2.25 bits per heavy atom. The van der Waals surface area contributed by atoms with Crippen molar-refractivity contribution in [2.75, 3.05) is 7.05 Å². The molecule has 1 N–H and O–H groups in total. The Morgan fingerprint density at radius 1 is 1.62 bits per heavy atom. The Balaban J connectivity index is 2.83. The van der Waals surface area contributed by atoms with E-state index in [1.54, 1.807) is 6.92 Å². The van der Waals surface area contributed by atoms with Crippen molar-refractivity contribution in [1.82, 2.24) is 10.5 Å². The average Bonchev–Trinajstić information content (AvgIpc) is 2.60. The highest BCUT2D eigenvalue weighted by Gasteiger charge is 2.28. The van der Waals surface area contributed by atoms with Gasteiger partial charge in [0.25, 0.3) is 0 Å². The monoisotopic (exact) mass is 246 g/mol. The Hall–Kier alpha value is -1.37. The summed E-state index contributed by atoms with van der Waals surface area (Å²) in [5.41, 5.74) is 0.609. The molecule has 0 aliphatic carbocycles. The van der Waals surface area contributed by atoms with Crippen molar-refractivity contribution in [3.8, 4) is 0 Å². The number of carbonyl (C=O) groups excluding carboxylic acids is 1. The van der Waals surface area contributed by atoms with Crippen LogP contribution in [-0.4, -0.2) is 31.8 Å². The SMILES string of the molecule is CNC(=O)[C@@H](C)S(=O)(=O)Cc1cc(C)no1. The van der Waals surface area contributed by atoms with Crippen LogP contribution >= 0.6 is 0 Å². The molecule has 1 aromatic heterocycles. The van der Waals surface area contributed by atoms with E-state index in [4.69, 9.17) is 4.52 Å². The first-order chi connectivity index (χ1) is 7.36. The molecule has 1 atom stereocenters. The molecule has 0 fully saturated rings. The van der Waals surface area contributed by atoms with Crippen LogP contribution < -0.4 is 5.32 Å². The fourth-order valence-corrected chi connectivity index (χ4v) is 2.40. The van der Waals surface area contributed by atoms with Gasteiger partial charge in [0.2, 0.25) is 5.91 Å². The second-order valence-electron chi connectivity index (χ2n) is 3.50. The number of hydrogen-bond acceptors (Lipinski definition) is 5. The zero-order valence-corrected chi connectivity index (χ0v) is 10.2. The molecule has 90 valence electrons. The molecule has 0 saturated heterocycles. The van der Waals surface area contributed by atoms with Gasteiger partial charge in [-0.25, -0.2) is 8.42 Å². The van der Waals surface area contributed by atoms with Crippen LogP contribution in [0, 0.1) is 6.92 Å². The average molecular weight is 246 g/mol. The normalized spacial score (nSPS) is 13.4. The summed E-state index contributed by atoms with van der Waals surface area (Å²) in [5, 5.41) is 4.79. The van der Waals surface area contributed by atoms with Crippen LogP contribution in [0.15, 0.2) is 10.6 Å². The molecular formula is C9H14N2O4S. The number of aryl methyl sites for hydroxylation is 1. The minimum absolute atomic E-state index is 0.244. The lowest BCUT2D eigenvalue weighted by Gasteiger charge is -2.09. The zero-order valence-electron chi connectivity index (χ0n) is 9.35. The van der Waals surface area contributed by atoms with Crippen LogP contribution in [0.4, 0.5) is 0 Å². The van der Waals surface area contributed by atoms with Crippen LogP contribution in [0.3, 0.4) is 0 Å². The predicted molar refractivity (Wildman–Crippen MR) is 57.4 cm³/mol. The fraction of sp³-hybridized carbons (Fsp3) is 0.556. The number of amides is 1. The molecule has 0 aliphatic heterocycles. The maximum atomic E-state index is 11.8. The van der Waals surface area contributed by atoms with Crippen LogP contribution in [0.5, 0.6) is 0 Å². The summed E-state index contributed by atoms with van der Waals surface area (Å²) in [6, 6.07) is 1.54. The second-order valence-corrected chi connectivity index (χ2v) is 5.82. The number of nitrogens with one attached hydrogen (secondary N) is 1. The lowest BCUT2D eigenvalue weighted by molar-refractivity contribution is -0.119. The molecule has 6 nitrogen and oxygen atoms in total. The third-order valence-electron chi connectivity index (χ3n) is 2.17. The zero-order chi connectivity index (χ0) is 12.3. The highest BCUT2D eigenvalue weighted by atomic mass is 32.2. The van der Waals surface area contributed by atoms with E-state index in [1.165, 1.54) is 20.0 Å². The second kappa shape index (κ2) is 4.65. The first kappa shape index (κ1) is 12.7. The first-order valence-corrected chi connectivity index (χ1v) is 6.43. The van der Waals surface area contributed by atoms with Crippen molar-refractivity contribution >= 4 is 15.7 Å². The standard InChI is InChI=1S/C9H14N2O4S/c1-6-4-8(15-11-6)5-16(13,14)7(2)9(12)10-3/h4,7H,5H2,1-3H3,(H,10,12)/t7-/m1/s1. The first-order valence-electron chi connectivity index (χ1n) is 4.72. The van der Waals surface area contributed by atoms with Crippen molar-refractivity contribution in [2.24, 2.45) is 0 Å². The van der Waals surface area contributed by atoms with Crippen molar-refractivity contribution < 1.29 is 17.7 Å². The Kier molecular flexibility index (Phi) is 3.69. The molecule has 1 heterocycles. The van der Waals surface area contributed by atoms with Gasteiger partial charge in [-0.2, -0.15) is 0 Å². The van der Waals surface area contributed by atoms with E-state index in [2.05, 4.69) is 10.5 Å². The Morgan fingerprint density at radius 3 is 2.69 bits per heavy atom. The quantitative estimate of drug-likeness (QED) is 0.809.